The normalized spacial score (nSPS) is 11.8. The Bertz CT molecular complexity index is 180. The largest absolute Gasteiger partial charge is 0.375 e. The Balaban J connectivity index is 4.04. The maximum atomic E-state index is 5.16. The lowest BCUT2D eigenvalue weighted by molar-refractivity contribution is -0.0525. The second-order valence-electron chi connectivity index (χ2n) is 2.03. The summed E-state index contributed by atoms with van der Waals surface area (Å²) in [4.78, 5) is 0. The lowest BCUT2D eigenvalue weighted by Gasteiger charge is -2.12. The Morgan fingerprint density at radius 1 is 1.50 bits per heavy atom. The van der Waals surface area contributed by atoms with Gasteiger partial charge in [0, 0.05) is 14.2 Å². The van der Waals surface area contributed by atoms with Crippen molar-refractivity contribution in [1.82, 2.24) is 5.43 Å². The molecule has 0 aliphatic rings. The molecule has 0 rings (SSSR count). The van der Waals surface area contributed by atoms with Gasteiger partial charge in [0.1, 0.15) is 0 Å². The third-order valence-electron chi connectivity index (χ3n) is 1.11. The first-order valence-corrected chi connectivity index (χ1v) is 3.67. The number of nitrogens with two attached hydrogens (primary N) is 1. The highest BCUT2D eigenvalue weighted by Crippen LogP contribution is 1.93. The number of ether oxygens (including phenoxy) is 2. The Morgan fingerprint density at radius 3 is 2.33 bits per heavy atom. The van der Waals surface area contributed by atoms with Crippen molar-refractivity contribution in [3.05, 3.63) is 0 Å². The predicted octanol–water partition coefficient (Wildman–Crippen LogP) is -0.186. The highest BCUT2D eigenvalue weighted by molar-refractivity contribution is 7.80. The summed E-state index contributed by atoms with van der Waals surface area (Å²) in [6.45, 7) is 1.74. The molecule has 0 aromatic carbocycles. The first-order valence-electron chi connectivity index (χ1n) is 3.27. The van der Waals surface area contributed by atoms with Crippen LogP contribution in [0, 0.1) is 0 Å². The number of hydrogen-bond acceptors (Lipinski definition) is 4. The van der Waals surface area contributed by atoms with Crippen molar-refractivity contribution in [2.24, 2.45) is 10.8 Å². The van der Waals surface area contributed by atoms with E-state index >= 15 is 0 Å². The molecule has 3 N–H and O–H groups in total. The molecule has 0 aromatic rings. The highest BCUT2D eigenvalue weighted by Gasteiger charge is 2.08. The number of hydrazone groups is 1. The Hall–Kier alpha value is -0.720. The maximum Gasteiger partial charge on any atom is 0.198 e. The molecule has 0 spiro atoms. The van der Waals surface area contributed by atoms with Crippen LogP contribution in [-0.4, -0.2) is 31.3 Å². The topological polar surface area (TPSA) is 68.9 Å². The van der Waals surface area contributed by atoms with E-state index < -0.39 is 6.29 Å². The van der Waals surface area contributed by atoms with Gasteiger partial charge in [-0.3, -0.25) is 5.43 Å². The predicted molar refractivity (Wildman–Crippen MR) is 50.8 cm³/mol. The molecule has 0 aromatic heterocycles. The van der Waals surface area contributed by atoms with Crippen molar-refractivity contribution in [3.63, 3.8) is 0 Å². The molecular weight excluding hydrogens is 178 g/mol. The molecule has 70 valence electrons. The summed E-state index contributed by atoms with van der Waals surface area (Å²) in [6.07, 6.45) is -0.466. The van der Waals surface area contributed by atoms with Crippen LogP contribution in [0.2, 0.25) is 0 Å². The smallest absolute Gasteiger partial charge is 0.198 e. The van der Waals surface area contributed by atoms with Gasteiger partial charge < -0.3 is 15.2 Å². The van der Waals surface area contributed by atoms with Crippen molar-refractivity contribution in [2.45, 2.75) is 13.2 Å². The van der Waals surface area contributed by atoms with Crippen LogP contribution < -0.4 is 11.2 Å². The first-order chi connectivity index (χ1) is 5.61. The molecule has 0 fully saturated rings. The van der Waals surface area contributed by atoms with Crippen LogP contribution in [0.5, 0.6) is 0 Å². The van der Waals surface area contributed by atoms with E-state index in [1.165, 1.54) is 14.2 Å². The van der Waals surface area contributed by atoms with Gasteiger partial charge in [-0.1, -0.05) is 0 Å². The molecule has 0 bridgehead atoms. The standard InChI is InChI=1S/C6H13N3O2S/c1-4(5(10-2)11-3)8-9-6(7)12/h5H,1-3H3,(H3,7,9,12)/b8-4-. The van der Waals surface area contributed by atoms with Gasteiger partial charge in [0.25, 0.3) is 0 Å². The molecule has 0 aliphatic heterocycles. The van der Waals surface area contributed by atoms with Crippen molar-refractivity contribution in [2.75, 3.05) is 14.2 Å². The van der Waals surface area contributed by atoms with Crippen LogP contribution >= 0.6 is 12.2 Å². The second-order valence-corrected chi connectivity index (χ2v) is 2.47. The summed E-state index contributed by atoms with van der Waals surface area (Å²) >= 11 is 4.55. The molecule has 0 unspecified atom stereocenters. The fourth-order valence-corrected chi connectivity index (χ4v) is 0.679. The molecular formula is C6H13N3O2S. The lowest BCUT2D eigenvalue weighted by Crippen LogP contribution is -2.29. The molecule has 0 radical (unpaired) electrons. The number of hydrogen-bond donors (Lipinski definition) is 2. The van der Waals surface area contributed by atoms with Crippen LogP contribution in [0.4, 0.5) is 0 Å². The summed E-state index contributed by atoms with van der Waals surface area (Å²) in [7, 11) is 3.04. The monoisotopic (exact) mass is 191 g/mol. The molecule has 0 saturated heterocycles. The number of nitrogens with zero attached hydrogens (tertiary/aromatic N) is 1. The third-order valence-corrected chi connectivity index (χ3v) is 1.20. The van der Waals surface area contributed by atoms with Gasteiger partial charge in [0.15, 0.2) is 11.4 Å². The molecule has 5 nitrogen and oxygen atoms in total. The van der Waals surface area contributed by atoms with Crippen LogP contribution in [0.3, 0.4) is 0 Å². The zero-order valence-electron chi connectivity index (χ0n) is 7.33. The van der Waals surface area contributed by atoms with Gasteiger partial charge >= 0.3 is 0 Å². The van der Waals surface area contributed by atoms with Crippen molar-refractivity contribution in [3.8, 4) is 0 Å². The minimum Gasteiger partial charge on any atom is -0.375 e. The fraction of sp³-hybridized carbons (Fsp3) is 0.667. The van der Waals surface area contributed by atoms with E-state index in [1.807, 2.05) is 0 Å². The first kappa shape index (κ1) is 11.3. The van der Waals surface area contributed by atoms with E-state index in [0.29, 0.717) is 5.71 Å². The molecule has 6 heteroatoms. The van der Waals surface area contributed by atoms with E-state index in [4.69, 9.17) is 15.2 Å². The minimum absolute atomic E-state index is 0.111. The van der Waals surface area contributed by atoms with Crippen LogP contribution in [0.1, 0.15) is 6.92 Å². The van der Waals surface area contributed by atoms with Crippen LogP contribution in [0.25, 0.3) is 0 Å². The summed E-state index contributed by atoms with van der Waals surface area (Å²) < 4.78 is 9.83. The minimum atomic E-state index is -0.466. The molecule has 12 heavy (non-hydrogen) atoms. The van der Waals surface area contributed by atoms with Crippen molar-refractivity contribution in [1.29, 1.82) is 0 Å². The average molecular weight is 191 g/mol. The number of methoxy groups -OCH3 is 2. The van der Waals surface area contributed by atoms with Gasteiger partial charge in [0.2, 0.25) is 0 Å². The summed E-state index contributed by atoms with van der Waals surface area (Å²) in [5.41, 5.74) is 8.21. The molecule has 0 aliphatic carbocycles. The van der Waals surface area contributed by atoms with Gasteiger partial charge in [-0.2, -0.15) is 5.10 Å². The molecule has 0 saturated carbocycles. The van der Waals surface area contributed by atoms with E-state index in [9.17, 15) is 0 Å². The van der Waals surface area contributed by atoms with Gasteiger partial charge in [0.05, 0.1) is 5.71 Å². The van der Waals surface area contributed by atoms with E-state index in [-0.39, 0.29) is 5.11 Å². The zero-order valence-corrected chi connectivity index (χ0v) is 8.14. The maximum absolute atomic E-state index is 5.16. The quantitative estimate of drug-likeness (QED) is 0.279. The van der Waals surface area contributed by atoms with E-state index in [1.54, 1.807) is 6.92 Å². The molecule has 0 heterocycles. The van der Waals surface area contributed by atoms with Crippen LogP contribution in [0.15, 0.2) is 5.10 Å². The van der Waals surface area contributed by atoms with E-state index in [0.717, 1.165) is 0 Å². The number of thiocarbonyl (C=S) groups is 1. The molecule has 0 amide bonds. The Morgan fingerprint density at radius 2 is 2.00 bits per heavy atom. The van der Waals surface area contributed by atoms with Crippen molar-refractivity contribution < 1.29 is 9.47 Å². The molecule has 0 atom stereocenters. The van der Waals surface area contributed by atoms with Gasteiger partial charge in [-0.25, -0.2) is 0 Å². The summed E-state index contributed by atoms with van der Waals surface area (Å²) in [5, 5.41) is 3.93. The van der Waals surface area contributed by atoms with Crippen LogP contribution in [-0.2, 0) is 9.47 Å². The van der Waals surface area contributed by atoms with Gasteiger partial charge in [-0.15, -0.1) is 0 Å². The Labute approximate surface area is 76.9 Å². The third kappa shape index (κ3) is 4.22. The number of nitrogens with one attached hydrogen (secondary N) is 1. The summed E-state index contributed by atoms with van der Waals surface area (Å²) in [5.74, 6) is 0. The van der Waals surface area contributed by atoms with E-state index in [2.05, 4.69) is 22.7 Å². The Kier molecular flexibility index (Phi) is 5.52. The lowest BCUT2D eigenvalue weighted by atomic mass is 10.4. The zero-order chi connectivity index (χ0) is 9.56. The highest BCUT2D eigenvalue weighted by atomic mass is 32.1. The second kappa shape index (κ2) is 5.87. The fourth-order valence-electron chi connectivity index (χ4n) is 0.633. The average Bonchev–Trinajstić information content (AvgIpc) is 2.03. The van der Waals surface area contributed by atoms with Gasteiger partial charge in [-0.05, 0) is 19.1 Å². The SMILES string of the molecule is COC(OC)/C(C)=N\NC(N)=S. The summed E-state index contributed by atoms with van der Waals surface area (Å²) in [6, 6.07) is 0. The van der Waals surface area contributed by atoms with Crippen molar-refractivity contribution >= 4 is 23.0 Å². The number of rotatable bonds is 4.